The molecule has 8 heteroatoms. The van der Waals surface area contributed by atoms with E-state index >= 15 is 0 Å². The standard InChI is InChI=1S/C22H24ClN3O3S/c1-3-22(21(27)24-17-11-12-17,15-7-9-16(23)10-8-15)26-14-13-18-19(25-30(2,28)29)5-4-6-20(18)26/h4-10,13-14,17,25H,3,11-12H2,1-2H3,(H,24,27)/t22-/m1/s1. The van der Waals surface area contributed by atoms with Crippen molar-refractivity contribution in [3.05, 3.63) is 65.3 Å². The number of carbonyl (C=O) groups excluding carboxylic acids is 1. The van der Waals surface area contributed by atoms with Gasteiger partial charge in [0.15, 0.2) is 0 Å². The van der Waals surface area contributed by atoms with Gasteiger partial charge in [-0.3, -0.25) is 9.52 Å². The highest BCUT2D eigenvalue weighted by atomic mass is 35.5. The molecular weight excluding hydrogens is 422 g/mol. The molecule has 1 heterocycles. The fourth-order valence-corrected chi connectivity index (χ4v) is 4.67. The molecule has 0 bridgehead atoms. The van der Waals surface area contributed by atoms with E-state index in [4.69, 9.17) is 11.6 Å². The van der Waals surface area contributed by atoms with E-state index in [2.05, 4.69) is 10.0 Å². The van der Waals surface area contributed by atoms with Gasteiger partial charge >= 0.3 is 0 Å². The van der Waals surface area contributed by atoms with Crippen molar-refractivity contribution >= 4 is 44.1 Å². The Hall–Kier alpha value is -2.51. The Morgan fingerprint density at radius 1 is 1.17 bits per heavy atom. The van der Waals surface area contributed by atoms with E-state index in [1.807, 2.05) is 42.0 Å². The normalized spacial score (nSPS) is 16.2. The molecule has 6 nitrogen and oxygen atoms in total. The summed E-state index contributed by atoms with van der Waals surface area (Å²) in [5, 5.41) is 4.49. The maximum Gasteiger partial charge on any atom is 0.251 e. The number of carbonyl (C=O) groups is 1. The minimum Gasteiger partial charge on any atom is -0.351 e. The molecule has 0 saturated heterocycles. The number of benzene rings is 2. The average Bonchev–Trinajstić information content (AvgIpc) is 3.39. The second kappa shape index (κ2) is 7.63. The van der Waals surface area contributed by atoms with Gasteiger partial charge in [0.25, 0.3) is 5.91 Å². The number of nitrogens with zero attached hydrogens (tertiary/aromatic N) is 1. The molecule has 0 unspecified atom stereocenters. The molecule has 1 fully saturated rings. The predicted octanol–water partition coefficient (Wildman–Crippen LogP) is 4.10. The van der Waals surface area contributed by atoms with Crippen LogP contribution in [0.15, 0.2) is 54.7 Å². The molecule has 30 heavy (non-hydrogen) atoms. The summed E-state index contributed by atoms with van der Waals surface area (Å²) >= 11 is 6.11. The van der Waals surface area contributed by atoms with Crippen molar-refractivity contribution in [2.75, 3.05) is 11.0 Å². The van der Waals surface area contributed by atoms with Gasteiger partial charge < -0.3 is 9.88 Å². The number of anilines is 1. The maximum atomic E-state index is 13.6. The van der Waals surface area contributed by atoms with Gasteiger partial charge in [-0.05, 0) is 55.2 Å². The molecule has 1 saturated carbocycles. The number of aromatic nitrogens is 1. The van der Waals surface area contributed by atoms with Crippen molar-refractivity contribution < 1.29 is 13.2 Å². The lowest BCUT2D eigenvalue weighted by Crippen LogP contribution is -2.49. The fourth-order valence-electron chi connectivity index (χ4n) is 3.96. The van der Waals surface area contributed by atoms with Crippen LogP contribution in [0.25, 0.3) is 10.9 Å². The van der Waals surface area contributed by atoms with Crippen molar-refractivity contribution in [3.63, 3.8) is 0 Å². The summed E-state index contributed by atoms with van der Waals surface area (Å²) in [6.07, 6.45) is 5.46. The highest BCUT2D eigenvalue weighted by Crippen LogP contribution is 2.37. The first-order chi connectivity index (χ1) is 14.2. The third-order valence-corrected chi connectivity index (χ3v) is 6.40. The van der Waals surface area contributed by atoms with E-state index in [1.54, 1.807) is 24.3 Å². The van der Waals surface area contributed by atoms with Gasteiger partial charge in [0, 0.05) is 22.6 Å². The lowest BCUT2D eigenvalue weighted by atomic mass is 9.85. The quantitative estimate of drug-likeness (QED) is 0.574. The van der Waals surface area contributed by atoms with E-state index in [1.165, 1.54) is 0 Å². The van der Waals surface area contributed by atoms with Gasteiger partial charge in [0.2, 0.25) is 10.0 Å². The van der Waals surface area contributed by atoms with Gasteiger partial charge in [-0.25, -0.2) is 8.42 Å². The summed E-state index contributed by atoms with van der Waals surface area (Å²) in [6, 6.07) is 14.8. The number of hydrogen-bond acceptors (Lipinski definition) is 3. The van der Waals surface area contributed by atoms with Crippen LogP contribution in [0.3, 0.4) is 0 Å². The Morgan fingerprint density at radius 3 is 2.47 bits per heavy atom. The zero-order valence-corrected chi connectivity index (χ0v) is 18.4. The molecule has 2 N–H and O–H groups in total. The molecule has 1 aliphatic rings. The van der Waals surface area contributed by atoms with E-state index in [0.717, 1.165) is 35.6 Å². The molecule has 1 atom stereocenters. The molecule has 158 valence electrons. The van der Waals surface area contributed by atoms with E-state index in [-0.39, 0.29) is 11.9 Å². The molecule has 3 aromatic rings. The lowest BCUT2D eigenvalue weighted by molar-refractivity contribution is -0.128. The SMILES string of the molecule is CC[C@](C(=O)NC1CC1)(c1ccc(Cl)cc1)n1ccc2c(NS(C)(=O)=O)cccc21. The number of nitrogens with one attached hydrogen (secondary N) is 2. The van der Waals surface area contributed by atoms with Crippen molar-refractivity contribution in [3.8, 4) is 0 Å². The van der Waals surface area contributed by atoms with Crippen LogP contribution in [0.5, 0.6) is 0 Å². The van der Waals surface area contributed by atoms with Crippen molar-refractivity contribution in [1.29, 1.82) is 0 Å². The van der Waals surface area contributed by atoms with Crippen molar-refractivity contribution in [2.24, 2.45) is 0 Å². The summed E-state index contributed by atoms with van der Waals surface area (Å²) in [4.78, 5) is 13.6. The monoisotopic (exact) mass is 445 g/mol. The molecule has 1 aliphatic carbocycles. The fraction of sp³-hybridized carbons (Fsp3) is 0.318. The first kappa shape index (κ1) is 20.8. The van der Waals surface area contributed by atoms with E-state index in [0.29, 0.717) is 17.1 Å². The van der Waals surface area contributed by atoms with E-state index < -0.39 is 15.6 Å². The smallest absolute Gasteiger partial charge is 0.251 e. The second-order valence-electron chi connectivity index (χ2n) is 7.77. The molecule has 4 rings (SSSR count). The molecule has 1 aromatic heterocycles. The highest BCUT2D eigenvalue weighted by molar-refractivity contribution is 7.92. The van der Waals surface area contributed by atoms with E-state index in [9.17, 15) is 13.2 Å². The van der Waals surface area contributed by atoms with Crippen LogP contribution in [-0.4, -0.2) is 31.2 Å². The van der Waals surface area contributed by atoms with Gasteiger partial charge in [0.1, 0.15) is 5.54 Å². The molecule has 0 spiro atoms. The van der Waals surface area contributed by atoms with Gasteiger partial charge in [0.05, 0.1) is 17.5 Å². The largest absolute Gasteiger partial charge is 0.351 e. The Bertz CT molecular complexity index is 1200. The average molecular weight is 446 g/mol. The Balaban J connectivity index is 1.92. The molecule has 0 radical (unpaired) electrons. The van der Waals surface area contributed by atoms with Crippen molar-refractivity contribution in [2.45, 2.75) is 37.8 Å². The number of fused-ring (bicyclic) bond motifs is 1. The molecule has 2 aromatic carbocycles. The topological polar surface area (TPSA) is 80.2 Å². The van der Waals surface area contributed by atoms with Crippen LogP contribution in [0, 0.1) is 0 Å². The number of sulfonamides is 1. The van der Waals surface area contributed by atoms with Crippen LogP contribution >= 0.6 is 11.6 Å². The summed E-state index contributed by atoms with van der Waals surface area (Å²) in [5.74, 6) is -0.0752. The summed E-state index contributed by atoms with van der Waals surface area (Å²) in [6.45, 7) is 1.98. The summed E-state index contributed by atoms with van der Waals surface area (Å²) in [7, 11) is -3.43. The molecular formula is C22H24ClN3O3S. The van der Waals surface area contributed by atoms with Crippen LogP contribution in [0.4, 0.5) is 5.69 Å². The summed E-state index contributed by atoms with van der Waals surface area (Å²) in [5.41, 5.74) is 1.09. The Morgan fingerprint density at radius 2 is 1.87 bits per heavy atom. The van der Waals surface area contributed by atoms with Gasteiger partial charge in [-0.2, -0.15) is 0 Å². The van der Waals surface area contributed by atoms with Crippen LogP contribution < -0.4 is 10.0 Å². The van der Waals surface area contributed by atoms with Crippen molar-refractivity contribution in [1.82, 2.24) is 9.88 Å². The van der Waals surface area contributed by atoms with Gasteiger partial charge in [-0.15, -0.1) is 0 Å². The number of amides is 1. The van der Waals surface area contributed by atoms with Crippen LogP contribution in [0.2, 0.25) is 5.02 Å². The minimum atomic E-state index is -3.43. The maximum absolute atomic E-state index is 13.6. The zero-order valence-electron chi connectivity index (χ0n) is 16.9. The second-order valence-corrected chi connectivity index (χ2v) is 9.95. The predicted molar refractivity (Wildman–Crippen MR) is 120 cm³/mol. The summed E-state index contributed by atoms with van der Waals surface area (Å²) < 4.78 is 28.1. The number of halogens is 1. The third kappa shape index (κ3) is 3.79. The Labute approximate surface area is 181 Å². The van der Waals surface area contributed by atoms with Gasteiger partial charge in [-0.1, -0.05) is 36.7 Å². The van der Waals surface area contributed by atoms with Crippen LogP contribution in [-0.2, 0) is 20.4 Å². The first-order valence-corrected chi connectivity index (χ1v) is 12.2. The lowest BCUT2D eigenvalue weighted by Gasteiger charge is -2.35. The molecule has 1 amide bonds. The molecule has 0 aliphatic heterocycles. The highest BCUT2D eigenvalue weighted by Gasteiger charge is 2.43. The Kier molecular flexibility index (Phi) is 5.28. The number of rotatable bonds is 7. The zero-order chi connectivity index (χ0) is 21.5. The minimum absolute atomic E-state index is 0.0752. The van der Waals surface area contributed by atoms with Crippen LogP contribution in [0.1, 0.15) is 31.7 Å². The third-order valence-electron chi connectivity index (χ3n) is 5.56. The number of hydrogen-bond donors (Lipinski definition) is 2. The first-order valence-electron chi connectivity index (χ1n) is 9.90.